The number of rotatable bonds is 2. The van der Waals surface area contributed by atoms with Gasteiger partial charge in [-0.3, -0.25) is 0 Å². The average molecular weight is 197 g/mol. The van der Waals surface area contributed by atoms with E-state index >= 15 is 0 Å². The molecule has 0 fully saturated rings. The molecule has 0 bridgehead atoms. The van der Waals surface area contributed by atoms with E-state index in [0.29, 0.717) is 0 Å². The third-order valence-corrected chi connectivity index (χ3v) is 2.04. The first kappa shape index (κ1) is 10.5. The van der Waals surface area contributed by atoms with E-state index in [4.69, 9.17) is 0 Å². The molecule has 0 atom stereocenters. The molecule has 0 spiro atoms. The van der Waals surface area contributed by atoms with Crippen LogP contribution in [0, 0.1) is 13.8 Å². The maximum absolute atomic E-state index is 13.0. The summed E-state index contributed by atoms with van der Waals surface area (Å²) < 4.78 is 26.1. The smallest absolute Gasteiger partial charge is 0.211 e. The third kappa shape index (κ3) is 2.03. The van der Waals surface area contributed by atoms with Crippen LogP contribution in [0.1, 0.15) is 16.7 Å². The molecule has 0 aliphatic heterocycles. The van der Waals surface area contributed by atoms with Gasteiger partial charge in [0.15, 0.2) is 0 Å². The largest absolute Gasteiger partial charge is 0.379 e. The minimum absolute atomic E-state index is 0.288. The van der Waals surface area contributed by atoms with Gasteiger partial charge < -0.3 is 0 Å². The van der Waals surface area contributed by atoms with Crippen LogP contribution in [-0.4, -0.2) is 6.08 Å². The van der Waals surface area contributed by atoms with Crippen molar-refractivity contribution in [2.45, 2.75) is 19.9 Å². The molecule has 0 aliphatic carbocycles. The van der Waals surface area contributed by atoms with E-state index in [1.165, 1.54) is 12.1 Å². The Balaban J connectivity index is 3.20. The fourth-order valence-corrected chi connectivity index (χ4v) is 1.05. The molecule has 74 valence electrons. The quantitative estimate of drug-likeness (QED) is 0.407. The number of hydrogen-bond acceptors (Lipinski definition) is 2. The summed E-state index contributed by atoms with van der Waals surface area (Å²) in [6.45, 7) is 3.54. The van der Waals surface area contributed by atoms with Gasteiger partial charge in [0, 0.05) is 5.56 Å². The first-order valence-corrected chi connectivity index (χ1v) is 4.02. The van der Waals surface area contributed by atoms with Crippen LogP contribution >= 0.6 is 0 Å². The normalized spacial score (nSPS) is 10.9. The summed E-state index contributed by atoms with van der Waals surface area (Å²) in [6, 6.07) is 0.665. The summed E-state index contributed by atoms with van der Waals surface area (Å²) in [5.41, 5.74) is 1.37. The number of nitrogens with zero attached hydrogens (tertiary/aromatic N) is 1. The second-order valence-corrected chi connectivity index (χ2v) is 3.04. The minimum atomic E-state index is -3.47. The number of aryl methyl sites for hydroxylation is 2. The summed E-state index contributed by atoms with van der Waals surface area (Å²) >= 11 is 0. The zero-order valence-corrected chi connectivity index (χ0v) is 7.84. The number of benzene rings is 1. The Labute approximate surface area is 80.3 Å². The topological polar surface area (TPSA) is 29.4 Å². The minimum Gasteiger partial charge on any atom is -0.211 e. The van der Waals surface area contributed by atoms with E-state index in [2.05, 4.69) is 4.99 Å². The lowest BCUT2D eigenvalue weighted by Crippen LogP contribution is -2.09. The predicted octanol–water partition coefficient (Wildman–Crippen LogP) is 2.69. The maximum atomic E-state index is 13.0. The van der Waals surface area contributed by atoms with Gasteiger partial charge in [-0.1, -0.05) is 12.1 Å². The van der Waals surface area contributed by atoms with Crippen molar-refractivity contribution >= 4 is 6.08 Å². The second kappa shape index (κ2) is 3.68. The van der Waals surface area contributed by atoms with E-state index in [1.807, 2.05) is 6.92 Å². The predicted molar refractivity (Wildman–Crippen MR) is 47.9 cm³/mol. The Morgan fingerprint density at radius 3 is 2.43 bits per heavy atom. The third-order valence-electron chi connectivity index (χ3n) is 2.04. The average Bonchev–Trinajstić information content (AvgIpc) is 2.09. The molecule has 0 amide bonds. The molecule has 0 saturated heterocycles. The summed E-state index contributed by atoms with van der Waals surface area (Å²) in [5.74, 6) is 0. The number of carbonyl (C=O) groups excluding carboxylic acids is 1. The lowest BCUT2D eigenvalue weighted by atomic mass is 10.1. The first-order valence-electron chi connectivity index (χ1n) is 4.02. The van der Waals surface area contributed by atoms with E-state index in [9.17, 15) is 13.6 Å². The van der Waals surface area contributed by atoms with Gasteiger partial charge in [0.05, 0.1) is 0 Å². The van der Waals surface area contributed by atoms with Crippen molar-refractivity contribution in [3.8, 4) is 0 Å². The van der Waals surface area contributed by atoms with Crippen molar-refractivity contribution in [1.29, 1.82) is 0 Å². The van der Waals surface area contributed by atoms with Gasteiger partial charge in [-0.05, 0) is 31.0 Å². The molecule has 2 nitrogen and oxygen atoms in total. The highest BCUT2D eigenvalue weighted by atomic mass is 19.3. The number of alkyl halides is 2. The standard InChI is InChI=1S/C10H9F2NO/c1-7-3-4-9(5-8(7)2)10(11,12)13-6-14/h3-5H,1-2H3. The van der Waals surface area contributed by atoms with E-state index in [1.54, 1.807) is 13.0 Å². The van der Waals surface area contributed by atoms with Gasteiger partial charge in [-0.15, -0.1) is 4.99 Å². The van der Waals surface area contributed by atoms with Crippen LogP contribution < -0.4 is 0 Å². The van der Waals surface area contributed by atoms with Crippen LogP contribution in [0.3, 0.4) is 0 Å². The highest BCUT2D eigenvalue weighted by molar-refractivity contribution is 5.37. The Morgan fingerprint density at radius 1 is 1.29 bits per heavy atom. The number of halogens is 2. The monoisotopic (exact) mass is 197 g/mol. The molecule has 1 rings (SSSR count). The van der Waals surface area contributed by atoms with Crippen LogP contribution in [0.5, 0.6) is 0 Å². The summed E-state index contributed by atoms with van der Waals surface area (Å²) in [7, 11) is 0. The van der Waals surface area contributed by atoms with Crippen molar-refractivity contribution in [2.75, 3.05) is 0 Å². The molecular weight excluding hydrogens is 188 g/mol. The molecule has 0 saturated carbocycles. The lowest BCUT2D eigenvalue weighted by Gasteiger charge is -2.10. The summed E-state index contributed by atoms with van der Waals surface area (Å²) in [4.78, 5) is 12.2. The molecule has 0 heterocycles. The van der Waals surface area contributed by atoms with Crippen molar-refractivity contribution in [3.63, 3.8) is 0 Å². The summed E-state index contributed by atoms with van der Waals surface area (Å²) in [5, 5.41) is 0. The molecule has 14 heavy (non-hydrogen) atoms. The van der Waals surface area contributed by atoms with Gasteiger partial charge in [0.25, 0.3) is 0 Å². The lowest BCUT2D eigenvalue weighted by molar-refractivity contribution is 0.00610. The molecule has 0 aliphatic rings. The fourth-order valence-electron chi connectivity index (χ4n) is 1.05. The molecule has 4 heteroatoms. The van der Waals surface area contributed by atoms with E-state index in [-0.39, 0.29) is 5.56 Å². The molecule has 1 aromatic rings. The first-order chi connectivity index (χ1) is 6.47. The van der Waals surface area contributed by atoms with Crippen LogP contribution in [0.2, 0.25) is 0 Å². The molecular formula is C10H9F2NO. The molecule has 0 unspecified atom stereocenters. The van der Waals surface area contributed by atoms with E-state index in [0.717, 1.165) is 17.2 Å². The zero-order chi connectivity index (χ0) is 10.8. The Kier molecular flexibility index (Phi) is 2.77. The molecule has 0 N–H and O–H groups in total. The van der Waals surface area contributed by atoms with Crippen molar-refractivity contribution in [3.05, 3.63) is 34.9 Å². The Hall–Kier alpha value is -1.54. The Bertz CT molecular complexity index is 395. The molecule has 0 radical (unpaired) electrons. The number of hydrogen-bond donors (Lipinski definition) is 0. The summed E-state index contributed by atoms with van der Waals surface area (Å²) in [6.07, 6.45) is 0.866. The Morgan fingerprint density at radius 2 is 1.93 bits per heavy atom. The van der Waals surface area contributed by atoms with Gasteiger partial charge in [-0.2, -0.15) is 8.78 Å². The molecule has 1 aromatic carbocycles. The van der Waals surface area contributed by atoms with Crippen LogP contribution in [-0.2, 0) is 10.8 Å². The SMILES string of the molecule is Cc1ccc(C(F)(F)N=C=O)cc1C. The zero-order valence-electron chi connectivity index (χ0n) is 7.84. The van der Waals surface area contributed by atoms with Gasteiger partial charge in [-0.25, -0.2) is 4.79 Å². The van der Waals surface area contributed by atoms with Gasteiger partial charge in [0.1, 0.15) is 0 Å². The van der Waals surface area contributed by atoms with Gasteiger partial charge >= 0.3 is 6.05 Å². The van der Waals surface area contributed by atoms with Crippen molar-refractivity contribution in [2.24, 2.45) is 4.99 Å². The fraction of sp³-hybridized carbons (Fsp3) is 0.300. The van der Waals surface area contributed by atoms with Gasteiger partial charge in [0.2, 0.25) is 6.08 Å². The molecule has 0 aromatic heterocycles. The number of aliphatic imine (C=N–C) groups is 1. The van der Waals surface area contributed by atoms with Crippen LogP contribution in [0.4, 0.5) is 8.78 Å². The van der Waals surface area contributed by atoms with Crippen molar-refractivity contribution in [1.82, 2.24) is 0 Å². The number of isocyanates is 1. The highest BCUT2D eigenvalue weighted by Crippen LogP contribution is 2.29. The van der Waals surface area contributed by atoms with E-state index < -0.39 is 6.05 Å². The van der Waals surface area contributed by atoms with Crippen LogP contribution in [0.15, 0.2) is 23.2 Å². The second-order valence-electron chi connectivity index (χ2n) is 3.04. The highest BCUT2D eigenvalue weighted by Gasteiger charge is 2.30. The van der Waals surface area contributed by atoms with Crippen molar-refractivity contribution < 1.29 is 13.6 Å². The van der Waals surface area contributed by atoms with Crippen LogP contribution in [0.25, 0.3) is 0 Å². The maximum Gasteiger partial charge on any atom is 0.379 e.